The van der Waals surface area contributed by atoms with E-state index in [2.05, 4.69) is 19.2 Å². The molecule has 1 unspecified atom stereocenters. The Bertz CT molecular complexity index is 176. The number of nitrogens with one attached hydrogen (secondary N) is 1. The molecule has 0 radical (unpaired) electrons. The van der Waals surface area contributed by atoms with Crippen molar-refractivity contribution < 1.29 is 5.11 Å². The molecule has 0 bridgehead atoms. The lowest BCUT2D eigenvalue weighted by molar-refractivity contribution is 0.0785. The summed E-state index contributed by atoms with van der Waals surface area (Å²) in [4.78, 5) is 0. The Kier molecular flexibility index (Phi) is 6.37. The van der Waals surface area contributed by atoms with Gasteiger partial charge >= 0.3 is 0 Å². The van der Waals surface area contributed by atoms with Crippen molar-refractivity contribution in [3.63, 3.8) is 0 Å². The maximum Gasteiger partial charge on any atom is 0.0499 e. The quantitative estimate of drug-likeness (QED) is 0.700. The van der Waals surface area contributed by atoms with Crippen molar-refractivity contribution in [3.8, 4) is 0 Å². The van der Waals surface area contributed by atoms with E-state index in [0.717, 1.165) is 6.54 Å². The van der Waals surface area contributed by atoms with E-state index in [1.807, 2.05) is 0 Å². The normalized spacial score (nSPS) is 21.9. The zero-order valence-corrected chi connectivity index (χ0v) is 11.1. The van der Waals surface area contributed by atoms with Crippen LogP contribution in [0.3, 0.4) is 0 Å². The molecule has 2 N–H and O–H groups in total. The zero-order chi connectivity index (χ0) is 11.9. The molecule has 1 aliphatic carbocycles. The molecule has 1 fully saturated rings. The summed E-state index contributed by atoms with van der Waals surface area (Å²) in [7, 11) is 0. The zero-order valence-electron chi connectivity index (χ0n) is 11.1. The first-order valence-corrected chi connectivity index (χ1v) is 7.07. The van der Waals surface area contributed by atoms with E-state index in [1.54, 1.807) is 0 Å². The second-order valence-corrected chi connectivity index (χ2v) is 5.64. The van der Waals surface area contributed by atoms with Crippen LogP contribution in [0.4, 0.5) is 0 Å². The third-order valence-electron chi connectivity index (χ3n) is 4.07. The molecular weight excluding hydrogens is 198 g/mol. The highest BCUT2D eigenvalue weighted by atomic mass is 16.3. The molecule has 96 valence electrons. The van der Waals surface area contributed by atoms with Gasteiger partial charge in [-0.2, -0.15) is 0 Å². The number of rotatable bonds is 7. The van der Waals surface area contributed by atoms with Gasteiger partial charge in [-0.15, -0.1) is 0 Å². The Balaban J connectivity index is 2.27. The van der Waals surface area contributed by atoms with Crippen molar-refractivity contribution >= 4 is 0 Å². The fourth-order valence-electron chi connectivity index (χ4n) is 2.70. The average Bonchev–Trinajstić information content (AvgIpc) is 2.35. The Hall–Kier alpha value is -0.0800. The maximum absolute atomic E-state index is 9.59. The molecule has 0 spiro atoms. The number of unbranched alkanes of at least 4 members (excludes halogenated alkanes) is 1. The molecule has 0 heterocycles. The minimum atomic E-state index is 0.193. The van der Waals surface area contributed by atoms with Crippen LogP contribution in [0.1, 0.15) is 65.2 Å². The summed E-state index contributed by atoms with van der Waals surface area (Å²) in [5.41, 5.74) is 0.193. The summed E-state index contributed by atoms with van der Waals surface area (Å²) in [5.74, 6) is 0. The number of hydrogen-bond donors (Lipinski definition) is 2. The SMILES string of the molecule is CCCCC(C)NCC1(CO)CCCCC1. The minimum Gasteiger partial charge on any atom is -0.396 e. The molecule has 0 amide bonds. The summed E-state index contributed by atoms with van der Waals surface area (Å²) in [6, 6.07) is 0.602. The molecule has 0 aromatic heterocycles. The van der Waals surface area contributed by atoms with Crippen LogP contribution in [0.2, 0.25) is 0 Å². The van der Waals surface area contributed by atoms with Crippen LogP contribution in [-0.2, 0) is 0 Å². The largest absolute Gasteiger partial charge is 0.396 e. The molecule has 0 aliphatic heterocycles. The van der Waals surface area contributed by atoms with Crippen molar-refractivity contribution in [1.82, 2.24) is 5.32 Å². The maximum atomic E-state index is 9.59. The Labute approximate surface area is 101 Å². The summed E-state index contributed by atoms with van der Waals surface area (Å²) < 4.78 is 0. The molecule has 16 heavy (non-hydrogen) atoms. The second-order valence-electron chi connectivity index (χ2n) is 5.64. The molecule has 1 atom stereocenters. The van der Waals surface area contributed by atoms with E-state index >= 15 is 0 Å². The van der Waals surface area contributed by atoms with Gasteiger partial charge in [0, 0.05) is 24.6 Å². The highest BCUT2D eigenvalue weighted by Crippen LogP contribution is 2.35. The highest BCUT2D eigenvalue weighted by molar-refractivity contribution is 4.85. The van der Waals surface area contributed by atoms with Gasteiger partial charge in [0.1, 0.15) is 0 Å². The van der Waals surface area contributed by atoms with Crippen LogP contribution in [0.5, 0.6) is 0 Å². The molecule has 0 aromatic rings. The van der Waals surface area contributed by atoms with Crippen LogP contribution in [0.15, 0.2) is 0 Å². The lowest BCUT2D eigenvalue weighted by Gasteiger charge is -2.36. The first-order chi connectivity index (χ1) is 7.72. The predicted molar refractivity (Wildman–Crippen MR) is 69.6 cm³/mol. The number of aliphatic hydroxyl groups is 1. The van der Waals surface area contributed by atoms with Crippen LogP contribution < -0.4 is 5.32 Å². The van der Waals surface area contributed by atoms with Gasteiger partial charge in [0.15, 0.2) is 0 Å². The molecule has 1 rings (SSSR count). The summed E-state index contributed by atoms with van der Waals surface area (Å²) >= 11 is 0. The standard InChI is InChI=1S/C14H29NO/c1-3-4-8-13(2)15-11-14(12-16)9-6-5-7-10-14/h13,15-16H,3-12H2,1-2H3. The van der Waals surface area contributed by atoms with E-state index in [9.17, 15) is 5.11 Å². The average molecular weight is 227 g/mol. The Morgan fingerprint density at radius 3 is 2.50 bits per heavy atom. The van der Waals surface area contributed by atoms with Gasteiger partial charge in [0.2, 0.25) is 0 Å². The van der Waals surface area contributed by atoms with Crippen LogP contribution in [-0.4, -0.2) is 24.3 Å². The summed E-state index contributed by atoms with van der Waals surface area (Å²) in [5, 5.41) is 13.2. The first kappa shape index (κ1) is 14.0. The van der Waals surface area contributed by atoms with Gasteiger partial charge in [-0.05, 0) is 26.2 Å². The summed E-state index contributed by atoms with van der Waals surface area (Å²) in [6.45, 7) is 5.88. The minimum absolute atomic E-state index is 0.193. The first-order valence-electron chi connectivity index (χ1n) is 7.07. The fraction of sp³-hybridized carbons (Fsp3) is 1.00. The molecule has 1 saturated carbocycles. The number of hydrogen-bond acceptors (Lipinski definition) is 2. The third kappa shape index (κ3) is 4.42. The molecule has 1 aliphatic rings. The van der Waals surface area contributed by atoms with Gasteiger partial charge in [-0.3, -0.25) is 0 Å². The van der Waals surface area contributed by atoms with E-state index in [0.29, 0.717) is 12.6 Å². The predicted octanol–water partition coefficient (Wildman–Crippen LogP) is 3.10. The Morgan fingerprint density at radius 1 is 1.25 bits per heavy atom. The van der Waals surface area contributed by atoms with Crippen molar-refractivity contribution in [1.29, 1.82) is 0 Å². The van der Waals surface area contributed by atoms with Gasteiger partial charge < -0.3 is 10.4 Å². The topological polar surface area (TPSA) is 32.3 Å². The lowest BCUT2D eigenvalue weighted by Crippen LogP contribution is -2.42. The third-order valence-corrected chi connectivity index (χ3v) is 4.07. The van der Waals surface area contributed by atoms with Crippen molar-refractivity contribution in [3.05, 3.63) is 0 Å². The molecule has 2 heteroatoms. The second kappa shape index (κ2) is 7.29. The lowest BCUT2D eigenvalue weighted by atomic mass is 9.74. The fourth-order valence-corrected chi connectivity index (χ4v) is 2.70. The van der Waals surface area contributed by atoms with Crippen LogP contribution >= 0.6 is 0 Å². The Morgan fingerprint density at radius 2 is 1.94 bits per heavy atom. The van der Waals surface area contributed by atoms with Crippen LogP contribution in [0.25, 0.3) is 0 Å². The smallest absolute Gasteiger partial charge is 0.0499 e. The summed E-state index contributed by atoms with van der Waals surface area (Å²) in [6.07, 6.45) is 10.2. The van der Waals surface area contributed by atoms with Gasteiger partial charge in [-0.1, -0.05) is 39.0 Å². The van der Waals surface area contributed by atoms with Crippen molar-refractivity contribution in [2.75, 3.05) is 13.2 Å². The highest BCUT2D eigenvalue weighted by Gasteiger charge is 2.31. The van der Waals surface area contributed by atoms with Gasteiger partial charge in [-0.25, -0.2) is 0 Å². The van der Waals surface area contributed by atoms with Crippen molar-refractivity contribution in [2.24, 2.45) is 5.41 Å². The van der Waals surface area contributed by atoms with E-state index < -0.39 is 0 Å². The molecule has 0 saturated heterocycles. The van der Waals surface area contributed by atoms with Crippen LogP contribution in [0, 0.1) is 5.41 Å². The molecule has 0 aromatic carbocycles. The van der Waals surface area contributed by atoms with E-state index in [4.69, 9.17) is 0 Å². The van der Waals surface area contributed by atoms with Crippen molar-refractivity contribution in [2.45, 2.75) is 71.3 Å². The molecule has 2 nitrogen and oxygen atoms in total. The van der Waals surface area contributed by atoms with E-state index in [-0.39, 0.29) is 5.41 Å². The monoisotopic (exact) mass is 227 g/mol. The van der Waals surface area contributed by atoms with Gasteiger partial charge in [0.05, 0.1) is 0 Å². The van der Waals surface area contributed by atoms with E-state index in [1.165, 1.54) is 51.4 Å². The number of aliphatic hydroxyl groups excluding tert-OH is 1. The van der Waals surface area contributed by atoms with Gasteiger partial charge in [0.25, 0.3) is 0 Å². The molecular formula is C14H29NO.